The first-order valence-electron chi connectivity index (χ1n) is 4.12. The quantitative estimate of drug-likeness (QED) is 0.645. The topological polar surface area (TPSA) is 40.5 Å². The third kappa shape index (κ3) is 17.6. The highest BCUT2D eigenvalue weighted by molar-refractivity contribution is 5.64. The van der Waals surface area contributed by atoms with Crippen molar-refractivity contribution in [2.45, 2.75) is 34.6 Å². The maximum atomic E-state index is 9.86. The van der Waals surface area contributed by atoms with Crippen LogP contribution in [-0.2, 0) is 0 Å². The maximum absolute atomic E-state index is 9.86. The molecule has 3 nitrogen and oxygen atoms in total. The summed E-state index contributed by atoms with van der Waals surface area (Å²) in [5.41, 5.74) is 0. The van der Waals surface area contributed by atoms with E-state index in [1.165, 1.54) is 11.9 Å². The van der Waals surface area contributed by atoms with E-state index in [-0.39, 0.29) is 0 Å². The molecule has 0 saturated heterocycles. The zero-order chi connectivity index (χ0) is 9.86. The van der Waals surface area contributed by atoms with Crippen LogP contribution in [0.2, 0.25) is 0 Å². The Labute approximate surface area is 70.0 Å². The largest absolute Gasteiger partial charge is 0.465 e. The van der Waals surface area contributed by atoms with E-state index in [0.29, 0.717) is 6.54 Å². The zero-order valence-electron chi connectivity index (χ0n) is 8.51. The van der Waals surface area contributed by atoms with Crippen molar-refractivity contribution in [1.29, 1.82) is 0 Å². The SMILES string of the molecule is CC.CC.CCN(C)C(=O)O. The molecule has 0 aromatic rings. The second kappa shape index (κ2) is 16.1. The molecule has 0 radical (unpaired) electrons. The standard InChI is InChI=1S/C4H9NO2.2C2H6/c1-3-5(2)4(6)7;2*1-2/h3H2,1-2H3,(H,6,7);2*1-2H3. The van der Waals surface area contributed by atoms with Gasteiger partial charge in [-0.1, -0.05) is 27.7 Å². The average Bonchev–Trinajstić information content (AvgIpc) is 2.10. The number of rotatable bonds is 1. The smallest absolute Gasteiger partial charge is 0.407 e. The number of hydrogen-bond donors (Lipinski definition) is 1. The van der Waals surface area contributed by atoms with Gasteiger partial charge in [-0.2, -0.15) is 0 Å². The van der Waals surface area contributed by atoms with Gasteiger partial charge >= 0.3 is 6.09 Å². The van der Waals surface area contributed by atoms with Gasteiger partial charge in [-0.15, -0.1) is 0 Å². The van der Waals surface area contributed by atoms with Crippen LogP contribution in [0.4, 0.5) is 4.79 Å². The third-order valence-electron chi connectivity index (χ3n) is 0.801. The van der Waals surface area contributed by atoms with Crippen LogP contribution >= 0.6 is 0 Å². The van der Waals surface area contributed by atoms with Crippen molar-refractivity contribution in [3.8, 4) is 0 Å². The molecule has 0 unspecified atom stereocenters. The summed E-state index contributed by atoms with van der Waals surface area (Å²) < 4.78 is 0. The lowest BCUT2D eigenvalue weighted by Gasteiger charge is -2.06. The normalized spacial score (nSPS) is 6.36. The second-order valence-corrected chi connectivity index (χ2v) is 1.30. The minimum absolute atomic E-state index is 0.551. The summed E-state index contributed by atoms with van der Waals surface area (Å²) in [7, 11) is 1.53. The Morgan fingerprint density at radius 2 is 1.55 bits per heavy atom. The van der Waals surface area contributed by atoms with Gasteiger partial charge < -0.3 is 10.0 Å². The fraction of sp³-hybridized carbons (Fsp3) is 0.875. The van der Waals surface area contributed by atoms with Crippen LogP contribution in [0.1, 0.15) is 34.6 Å². The Balaban J connectivity index is -0.000000138. The maximum Gasteiger partial charge on any atom is 0.407 e. The fourth-order valence-corrected chi connectivity index (χ4v) is 0.135. The molecule has 0 aliphatic heterocycles. The first-order chi connectivity index (χ1) is 5.18. The van der Waals surface area contributed by atoms with Crippen LogP contribution in [-0.4, -0.2) is 29.7 Å². The average molecular weight is 163 g/mol. The summed E-state index contributed by atoms with van der Waals surface area (Å²) >= 11 is 0. The minimum Gasteiger partial charge on any atom is -0.465 e. The molecule has 0 aromatic heterocycles. The number of nitrogens with zero attached hydrogens (tertiary/aromatic N) is 1. The summed E-state index contributed by atoms with van der Waals surface area (Å²) in [5, 5.41) is 8.11. The molecule has 11 heavy (non-hydrogen) atoms. The lowest BCUT2D eigenvalue weighted by molar-refractivity contribution is 0.158. The highest BCUT2D eigenvalue weighted by Gasteiger charge is 1.97. The summed E-state index contributed by atoms with van der Waals surface area (Å²) in [6, 6.07) is 0. The van der Waals surface area contributed by atoms with E-state index >= 15 is 0 Å². The van der Waals surface area contributed by atoms with E-state index in [1.54, 1.807) is 6.92 Å². The van der Waals surface area contributed by atoms with Crippen LogP contribution in [0.3, 0.4) is 0 Å². The van der Waals surface area contributed by atoms with Gasteiger partial charge in [-0.3, -0.25) is 0 Å². The van der Waals surface area contributed by atoms with Crippen molar-refractivity contribution < 1.29 is 9.90 Å². The lowest BCUT2D eigenvalue weighted by atomic mass is 10.7. The molecule has 0 atom stereocenters. The predicted molar refractivity (Wildman–Crippen MR) is 49.0 cm³/mol. The molecule has 0 heterocycles. The van der Waals surface area contributed by atoms with E-state index in [9.17, 15) is 4.79 Å². The van der Waals surface area contributed by atoms with Gasteiger partial charge in [-0.05, 0) is 6.92 Å². The van der Waals surface area contributed by atoms with Gasteiger partial charge in [0.05, 0.1) is 0 Å². The molecule has 0 aliphatic carbocycles. The zero-order valence-corrected chi connectivity index (χ0v) is 8.51. The Morgan fingerprint density at radius 1 is 1.27 bits per heavy atom. The van der Waals surface area contributed by atoms with E-state index in [4.69, 9.17) is 5.11 Å². The third-order valence-corrected chi connectivity index (χ3v) is 0.801. The highest BCUT2D eigenvalue weighted by atomic mass is 16.4. The molecule has 70 valence electrons. The minimum atomic E-state index is -0.873. The molecule has 0 saturated carbocycles. The lowest BCUT2D eigenvalue weighted by Crippen LogP contribution is -2.23. The molecule has 0 fully saturated rings. The Kier molecular flexibility index (Phi) is 24.5. The van der Waals surface area contributed by atoms with Crippen LogP contribution in [0.15, 0.2) is 0 Å². The van der Waals surface area contributed by atoms with E-state index in [2.05, 4.69) is 0 Å². The van der Waals surface area contributed by atoms with Crippen molar-refractivity contribution in [2.75, 3.05) is 13.6 Å². The van der Waals surface area contributed by atoms with E-state index in [1.807, 2.05) is 27.7 Å². The molecule has 0 aliphatic rings. The number of carboxylic acid groups (broad SMARTS) is 1. The molecule has 0 bridgehead atoms. The van der Waals surface area contributed by atoms with Crippen LogP contribution < -0.4 is 0 Å². The van der Waals surface area contributed by atoms with Gasteiger partial charge in [0.2, 0.25) is 0 Å². The van der Waals surface area contributed by atoms with Gasteiger partial charge in [-0.25, -0.2) is 4.79 Å². The fourth-order valence-electron chi connectivity index (χ4n) is 0.135. The Hall–Kier alpha value is -0.730. The highest BCUT2D eigenvalue weighted by Crippen LogP contribution is 1.78. The van der Waals surface area contributed by atoms with Crippen molar-refractivity contribution in [1.82, 2.24) is 4.90 Å². The number of hydrogen-bond acceptors (Lipinski definition) is 1. The van der Waals surface area contributed by atoms with E-state index in [0.717, 1.165) is 0 Å². The van der Waals surface area contributed by atoms with Gasteiger partial charge in [0.15, 0.2) is 0 Å². The molecule has 0 spiro atoms. The van der Waals surface area contributed by atoms with Crippen LogP contribution in [0.5, 0.6) is 0 Å². The van der Waals surface area contributed by atoms with Crippen molar-refractivity contribution in [3.63, 3.8) is 0 Å². The first kappa shape index (κ1) is 16.7. The number of carbonyl (C=O) groups is 1. The summed E-state index contributed by atoms with van der Waals surface area (Å²) in [6.07, 6.45) is -0.873. The second-order valence-electron chi connectivity index (χ2n) is 1.30. The monoisotopic (exact) mass is 163 g/mol. The van der Waals surface area contributed by atoms with Crippen molar-refractivity contribution in [2.24, 2.45) is 0 Å². The Bertz CT molecular complexity index is 74.5. The van der Waals surface area contributed by atoms with Crippen molar-refractivity contribution in [3.05, 3.63) is 0 Å². The molecule has 0 aromatic carbocycles. The summed E-state index contributed by atoms with van der Waals surface area (Å²) in [6.45, 7) is 10.3. The van der Waals surface area contributed by atoms with Crippen LogP contribution in [0, 0.1) is 0 Å². The van der Waals surface area contributed by atoms with Crippen molar-refractivity contribution >= 4 is 6.09 Å². The summed E-state index contributed by atoms with van der Waals surface area (Å²) in [5.74, 6) is 0. The molecular weight excluding hydrogens is 142 g/mol. The Morgan fingerprint density at radius 3 is 1.55 bits per heavy atom. The van der Waals surface area contributed by atoms with E-state index < -0.39 is 6.09 Å². The number of amides is 1. The molecule has 3 heteroatoms. The van der Waals surface area contributed by atoms with Gasteiger partial charge in [0.1, 0.15) is 0 Å². The molecule has 1 N–H and O–H groups in total. The first-order valence-corrected chi connectivity index (χ1v) is 4.12. The predicted octanol–water partition coefficient (Wildman–Crippen LogP) is 2.67. The van der Waals surface area contributed by atoms with Gasteiger partial charge in [0, 0.05) is 13.6 Å². The molecule has 0 rings (SSSR count). The molecular formula is C8H21NO2. The van der Waals surface area contributed by atoms with Gasteiger partial charge in [0.25, 0.3) is 0 Å². The van der Waals surface area contributed by atoms with Crippen LogP contribution in [0.25, 0.3) is 0 Å². The summed E-state index contributed by atoms with van der Waals surface area (Å²) in [4.78, 5) is 11.1. The molecule has 1 amide bonds.